The quantitative estimate of drug-likeness (QED) is 0.744. The number of rotatable bonds is 7. The number of urea groups is 1. The van der Waals surface area contributed by atoms with Crippen molar-refractivity contribution in [3.05, 3.63) is 35.9 Å². The summed E-state index contributed by atoms with van der Waals surface area (Å²) in [6.45, 7) is 4.26. The highest BCUT2D eigenvalue weighted by atomic mass is 16.2. The molecule has 0 saturated carbocycles. The molecule has 1 fully saturated rings. The van der Waals surface area contributed by atoms with Gasteiger partial charge in [-0.3, -0.25) is 14.5 Å². The number of amides is 4. The molecular weight excluding hydrogens is 294 g/mol. The Bertz CT molecular complexity index is 572. The van der Waals surface area contributed by atoms with E-state index in [0.29, 0.717) is 25.3 Å². The van der Waals surface area contributed by atoms with E-state index >= 15 is 0 Å². The summed E-state index contributed by atoms with van der Waals surface area (Å²) >= 11 is 0. The Kier molecular flexibility index (Phi) is 5.73. The molecule has 4 amide bonds. The minimum absolute atomic E-state index is 0.223. The van der Waals surface area contributed by atoms with Gasteiger partial charge in [0.25, 0.3) is 5.91 Å². The summed E-state index contributed by atoms with van der Waals surface area (Å²) in [6.07, 6.45) is 1.23. The first kappa shape index (κ1) is 17.0. The number of carbonyl (C=O) groups excluding carboxylic acids is 3. The summed E-state index contributed by atoms with van der Waals surface area (Å²) in [5.74, 6) is -0.322. The van der Waals surface area contributed by atoms with Crippen LogP contribution in [0, 0.1) is 5.92 Å². The Hall–Kier alpha value is -2.37. The zero-order chi connectivity index (χ0) is 16.8. The van der Waals surface area contributed by atoms with E-state index in [1.54, 1.807) is 0 Å². The maximum absolute atomic E-state index is 12.3. The number of imide groups is 1. The summed E-state index contributed by atoms with van der Waals surface area (Å²) in [4.78, 5) is 37.0. The third-order valence-electron chi connectivity index (χ3n) is 3.68. The fraction of sp³-hybridized carbons (Fsp3) is 0.471. The van der Waals surface area contributed by atoms with Gasteiger partial charge in [-0.2, -0.15) is 0 Å². The Morgan fingerprint density at radius 2 is 1.96 bits per heavy atom. The number of hydrogen-bond donors (Lipinski definition) is 2. The average molecular weight is 317 g/mol. The third kappa shape index (κ3) is 4.81. The van der Waals surface area contributed by atoms with Gasteiger partial charge >= 0.3 is 6.03 Å². The van der Waals surface area contributed by atoms with Crippen molar-refractivity contribution in [2.75, 3.05) is 13.1 Å². The Balaban J connectivity index is 1.85. The molecule has 0 bridgehead atoms. The van der Waals surface area contributed by atoms with Gasteiger partial charge in [-0.1, -0.05) is 44.2 Å². The first-order chi connectivity index (χ1) is 11.0. The lowest BCUT2D eigenvalue weighted by Gasteiger charge is -2.14. The van der Waals surface area contributed by atoms with Crippen molar-refractivity contribution in [1.29, 1.82) is 0 Å². The smallest absolute Gasteiger partial charge is 0.325 e. The molecular formula is C17H23N3O3. The van der Waals surface area contributed by atoms with Gasteiger partial charge < -0.3 is 10.6 Å². The van der Waals surface area contributed by atoms with Gasteiger partial charge in [-0.05, 0) is 24.3 Å². The summed E-state index contributed by atoms with van der Waals surface area (Å²) in [6, 6.07) is 8.74. The van der Waals surface area contributed by atoms with Crippen LogP contribution in [0.2, 0.25) is 0 Å². The number of carbonyl (C=O) groups is 3. The van der Waals surface area contributed by atoms with E-state index in [9.17, 15) is 14.4 Å². The molecule has 124 valence electrons. The number of nitrogens with one attached hydrogen (secondary N) is 2. The molecule has 0 aliphatic carbocycles. The third-order valence-corrected chi connectivity index (χ3v) is 3.68. The highest BCUT2D eigenvalue weighted by Gasteiger charge is 2.38. The van der Waals surface area contributed by atoms with Gasteiger partial charge in [0.2, 0.25) is 5.91 Å². The fourth-order valence-corrected chi connectivity index (χ4v) is 2.40. The molecule has 0 aromatic heterocycles. The minimum atomic E-state index is -0.555. The number of aryl methyl sites for hydroxylation is 1. The van der Waals surface area contributed by atoms with Crippen LogP contribution in [0.15, 0.2) is 30.3 Å². The predicted octanol–water partition coefficient (Wildman–Crippen LogP) is 1.31. The van der Waals surface area contributed by atoms with E-state index < -0.39 is 12.1 Å². The van der Waals surface area contributed by atoms with E-state index in [2.05, 4.69) is 10.6 Å². The van der Waals surface area contributed by atoms with Crippen molar-refractivity contribution in [3.63, 3.8) is 0 Å². The van der Waals surface area contributed by atoms with E-state index in [1.807, 2.05) is 44.2 Å². The van der Waals surface area contributed by atoms with Crippen LogP contribution in [-0.2, 0) is 16.0 Å². The minimum Gasteiger partial charge on any atom is -0.354 e. The van der Waals surface area contributed by atoms with E-state index in [1.165, 1.54) is 0 Å². The van der Waals surface area contributed by atoms with Crippen molar-refractivity contribution >= 4 is 17.8 Å². The van der Waals surface area contributed by atoms with E-state index in [0.717, 1.165) is 10.5 Å². The van der Waals surface area contributed by atoms with Gasteiger partial charge in [0, 0.05) is 6.54 Å². The highest BCUT2D eigenvalue weighted by Crippen LogP contribution is 2.12. The van der Waals surface area contributed by atoms with E-state index in [-0.39, 0.29) is 18.4 Å². The lowest BCUT2D eigenvalue weighted by atomic mass is 10.1. The lowest BCUT2D eigenvalue weighted by Crippen LogP contribution is -2.42. The molecule has 2 rings (SSSR count). The van der Waals surface area contributed by atoms with Crippen molar-refractivity contribution in [2.45, 2.75) is 32.7 Å². The standard InChI is InChI=1S/C17H23N3O3/c1-12(2)10-18-15(21)11-20-16(22)14(19-17(20)23)9-8-13-6-4-3-5-7-13/h3-7,12,14H,8-11H2,1-2H3,(H,18,21)(H,19,23)/t14-/m0/s1. The first-order valence-corrected chi connectivity index (χ1v) is 7.90. The van der Waals surface area contributed by atoms with Gasteiger partial charge in [-0.15, -0.1) is 0 Å². The molecule has 6 nitrogen and oxygen atoms in total. The topological polar surface area (TPSA) is 78.5 Å². The monoisotopic (exact) mass is 317 g/mol. The first-order valence-electron chi connectivity index (χ1n) is 7.90. The fourth-order valence-electron chi connectivity index (χ4n) is 2.40. The second-order valence-electron chi connectivity index (χ2n) is 6.15. The van der Waals surface area contributed by atoms with Gasteiger partial charge in [0.15, 0.2) is 0 Å². The average Bonchev–Trinajstić information content (AvgIpc) is 2.79. The number of benzene rings is 1. The van der Waals surface area contributed by atoms with Crippen LogP contribution in [0.25, 0.3) is 0 Å². The van der Waals surface area contributed by atoms with Gasteiger partial charge in [0.05, 0.1) is 0 Å². The summed E-state index contributed by atoms with van der Waals surface area (Å²) in [5.41, 5.74) is 1.11. The summed E-state index contributed by atoms with van der Waals surface area (Å²) < 4.78 is 0. The van der Waals surface area contributed by atoms with Crippen LogP contribution in [0.5, 0.6) is 0 Å². The van der Waals surface area contributed by atoms with E-state index in [4.69, 9.17) is 0 Å². The molecule has 0 radical (unpaired) electrons. The summed E-state index contributed by atoms with van der Waals surface area (Å²) in [7, 11) is 0. The maximum Gasteiger partial charge on any atom is 0.325 e. The van der Waals surface area contributed by atoms with Crippen LogP contribution in [-0.4, -0.2) is 41.9 Å². The molecule has 6 heteroatoms. The molecule has 1 aromatic carbocycles. The van der Waals surface area contributed by atoms with Crippen LogP contribution in [0.4, 0.5) is 4.79 Å². The second-order valence-corrected chi connectivity index (χ2v) is 6.15. The van der Waals surface area contributed by atoms with Gasteiger partial charge in [0.1, 0.15) is 12.6 Å². The molecule has 0 spiro atoms. The molecule has 1 saturated heterocycles. The van der Waals surface area contributed by atoms with Crippen molar-refractivity contribution in [1.82, 2.24) is 15.5 Å². The normalized spacial score (nSPS) is 17.5. The van der Waals surface area contributed by atoms with Crippen molar-refractivity contribution in [3.8, 4) is 0 Å². The number of hydrogen-bond acceptors (Lipinski definition) is 3. The Labute approximate surface area is 136 Å². The van der Waals surface area contributed by atoms with Crippen molar-refractivity contribution in [2.24, 2.45) is 5.92 Å². The predicted molar refractivity (Wildman–Crippen MR) is 86.6 cm³/mol. The molecule has 1 aliphatic heterocycles. The van der Waals surface area contributed by atoms with Crippen LogP contribution >= 0.6 is 0 Å². The van der Waals surface area contributed by atoms with Crippen LogP contribution in [0.1, 0.15) is 25.8 Å². The Morgan fingerprint density at radius 3 is 2.61 bits per heavy atom. The van der Waals surface area contributed by atoms with Gasteiger partial charge in [-0.25, -0.2) is 4.79 Å². The van der Waals surface area contributed by atoms with Crippen LogP contribution in [0.3, 0.4) is 0 Å². The molecule has 1 aromatic rings. The molecule has 2 N–H and O–H groups in total. The molecule has 0 unspecified atom stereocenters. The molecule has 1 aliphatic rings. The number of nitrogens with zero attached hydrogens (tertiary/aromatic N) is 1. The molecule has 23 heavy (non-hydrogen) atoms. The second kappa shape index (κ2) is 7.76. The molecule has 1 heterocycles. The SMILES string of the molecule is CC(C)CNC(=O)CN1C(=O)N[C@@H](CCc2ccccc2)C1=O. The zero-order valence-electron chi connectivity index (χ0n) is 13.5. The lowest BCUT2D eigenvalue weighted by molar-refractivity contribution is -0.132. The Morgan fingerprint density at radius 1 is 1.26 bits per heavy atom. The zero-order valence-corrected chi connectivity index (χ0v) is 13.5. The highest BCUT2D eigenvalue weighted by molar-refractivity contribution is 6.06. The summed E-state index contributed by atoms with van der Waals surface area (Å²) in [5, 5.41) is 5.36. The van der Waals surface area contributed by atoms with Crippen molar-refractivity contribution < 1.29 is 14.4 Å². The largest absolute Gasteiger partial charge is 0.354 e. The molecule has 1 atom stereocenters. The van der Waals surface area contributed by atoms with Crippen LogP contribution < -0.4 is 10.6 Å². The maximum atomic E-state index is 12.3.